The molecule has 2 aromatic rings. The van der Waals surface area contributed by atoms with E-state index in [0.29, 0.717) is 13.2 Å². The van der Waals surface area contributed by atoms with Crippen molar-refractivity contribution in [2.45, 2.75) is 25.5 Å². The van der Waals surface area contributed by atoms with Gasteiger partial charge in [-0.1, -0.05) is 6.92 Å². The Morgan fingerprint density at radius 2 is 2.27 bits per heavy atom. The topological polar surface area (TPSA) is 60.2 Å². The van der Waals surface area contributed by atoms with E-state index < -0.39 is 5.60 Å². The van der Waals surface area contributed by atoms with E-state index in [4.69, 9.17) is 4.74 Å². The average molecular weight is 450 g/mol. The molecule has 0 unspecified atom stereocenters. The number of aliphatic hydroxyl groups is 1. The Kier molecular flexibility index (Phi) is 8.49. The molecule has 1 aromatic carbocycles. The number of rotatable bonds is 4. The number of ether oxygens (including phenoxy) is 1. The zero-order valence-electron chi connectivity index (χ0n) is 12.6. The van der Waals surface area contributed by atoms with Gasteiger partial charge in [0, 0.05) is 77.9 Å². The van der Waals surface area contributed by atoms with Crippen molar-refractivity contribution < 1.29 is 75.3 Å². The third kappa shape index (κ3) is 4.52. The maximum Gasteiger partial charge on any atom is 0.137 e. The van der Waals surface area contributed by atoms with E-state index in [1.807, 2.05) is 19.1 Å². The zero-order valence-corrected chi connectivity index (χ0v) is 18.3. The molecule has 1 aliphatic rings. The molecule has 0 aliphatic carbocycles. The van der Waals surface area contributed by atoms with Crippen molar-refractivity contribution in [2.24, 2.45) is 5.92 Å². The predicted molar refractivity (Wildman–Crippen MR) is 72.9 cm³/mol. The fourth-order valence-electron chi connectivity index (χ4n) is 2.72. The molecule has 1 aromatic heterocycles. The number of hydrogen-bond donors (Lipinski definition) is 1. The van der Waals surface area contributed by atoms with Gasteiger partial charge in [0.25, 0.3) is 0 Å². The van der Waals surface area contributed by atoms with Crippen LogP contribution in [0.1, 0.15) is 17.5 Å². The zero-order chi connectivity index (χ0) is 14.0. The van der Waals surface area contributed by atoms with Crippen molar-refractivity contribution >= 4 is 0 Å². The Bertz CT molecular complexity index is 563. The van der Waals surface area contributed by atoms with Crippen LogP contribution in [-0.4, -0.2) is 33.1 Å². The van der Waals surface area contributed by atoms with E-state index in [0.717, 1.165) is 12.0 Å². The van der Waals surface area contributed by atoms with E-state index >= 15 is 0 Å². The predicted octanol–water partition coefficient (Wildman–Crippen LogP) is 1.31. The minimum absolute atomic E-state index is 0. The van der Waals surface area contributed by atoms with Crippen molar-refractivity contribution in [1.82, 2.24) is 14.8 Å². The molecule has 1 saturated heterocycles. The molecule has 2 atom stereocenters. The number of aliphatic hydroxyl groups excluding tert-OH is 1. The molecule has 0 saturated carbocycles. The summed E-state index contributed by atoms with van der Waals surface area (Å²) < 4.78 is 7.83. The van der Waals surface area contributed by atoms with Crippen molar-refractivity contribution in [3.63, 3.8) is 0 Å². The summed E-state index contributed by atoms with van der Waals surface area (Å²) >= 11 is 0. The number of hydrogen-bond acceptors (Lipinski definition) is 4. The third-order valence-corrected chi connectivity index (χ3v) is 3.82. The number of aryl methyl sites for hydroxylation is 1. The van der Waals surface area contributed by atoms with Crippen LogP contribution in [0.2, 0.25) is 0 Å². The molecule has 7 heteroatoms. The first-order valence-electron chi connectivity index (χ1n) is 6.78. The van der Waals surface area contributed by atoms with Gasteiger partial charge in [-0.15, -0.1) is 5.56 Å². The summed E-state index contributed by atoms with van der Waals surface area (Å²) in [4.78, 5) is 3.98. The van der Waals surface area contributed by atoms with Gasteiger partial charge in [-0.05, 0) is 6.42 Å². The molecule has 3 rings (SSSR count). The van der Waals surface area contributed by atoms with Gasteiger partial charge < -0.3 is 9.84 Å². The summed E-state index contributed by atoms with van der Waals surface area (Å²) in [6, 6.07) is 9.38. The largest absolute Gasteiger partial charge is 0.396 e. The second kappa shape index (κ2) is 9.10. The fraction of sp³-hybridized carbons (Fsp3) is 0.467. The van der Waals surface area contributed by atoms with E-state index in [2.05, 4.69) is 22.2 Å². The van der Waals surface area contributed by atoms with Crippen LogP contribution in [0.15, 0.2) is 30.9 Å². The van der Waals surface area contributed by atoms with Gasteiger partial charge >= 0.3 is 0 Å². The second-order valence-electron chi connectivity index (χ2n) is 5.43. The molecule has 5 nitrogen and oxygen atoms in total. The number of nitrogens with zero attached hydrogens (tertiary/aromatic N) is 3. The Hall–Kier alpha value is 0.488. The first-order chi connectivity index (χ1) is 9.72. The quantitative estimate of drug-likeness (QED) is 0.715. The van der Waals surface area contributed by atoms with Crippen LogP contribution < -0.4 is 0 Å². The van der Waals surface area contributed by atoms with Crippen LogP contribution in [0.25, 0.3) is 0 Å². The standard InChI is InChI=1S/C15H18N3O2.2Y/c1-12-2-4-14(5-3-12)15(6-13(7-19)8-20-15)9-18-11-16-10-17-18;;/h2-4,10-11,13,19H,6-9H2,1H3;;/q-1;;/t13-,15-;;/m1../s1. The molecule has 22 heavy (non-hydrogen) atoms. The summed E-state index contributed by atoms with van der Waals surface area (Å²) in [7, 11) is 0. The van der Waals surface area contributed by atoms with Crippen LogP contribution >= 0.6 is 0 Å². The van der Waals surface area contributed by atoms with Crippen molar-refractivity contribution in [3.05, 3.63) is 48.0 Å². The molecule has 2 heterocycles. The van der Waals surface area contributed by atoms with E-state index in [1.165, 1.54) is 11.9 Å². The van der Waals surface area contributed by atoms with Crippen LogP contribution in [-0.2, 0) is 82.3 Å². The number of aromatic nitrogens is 3. The van der Waals surface area contributed by atoms with Gasteiger partial charge in [-0.2, -0.15) is 34.9 Å². The molecule has 0 bridgehead atoms. The maximum atomic E-state index is 9.39. The minimum atomic E-state index is -0.477. The molecule has 1 aliphatic heterocycles. The normalized spacial score (nSPS) is 23.6. The average Bonchev–Trinajstić information content (AvgIpc) is 3.10. The van der Waals surface area contributed by atoms with Gasteiger partial charge in [-0.3, -0.25) is 0 Å². The van der Waals surface area contributed by atoms with Crippen molar-refractivity contribution in [2.75, 3.05) is 13.2 Å². The summed E-state index contributed by atoms with van der Waals surface area (Å²) in [5.74, 6) is 0.160. The fourth-order valence-corrected chi connectivity index (χ4v) is 2.72. The third-order valence-electron chi connectivity index (χ3n) is 3.82. The summed E-state index contributed by atoms with van der Waals surface area (Å²) in [6.45, 7) is 3.33. The molecule has 1 N–H and O–H groups in total. The summed E-state index contributed by atoms with van der Waals surface area (Å²) in [6.07, 6.45) is 3.97. The van der Waals surface area contributed by atoms with Crippen molar-refractivity contribution in [3.8, 4) is 0 Å². The van der Waals surface area contributed by atoms with Gasteiger partial charge in [0.15, 0.2) is 0 Å². The van der Waals surface area contributed by atoms with Crippen LogP contribution in [0.5, 0.6) is 0 Å². The molecular formula is C15H18N3O2Y2-. The first-order valence-corrected chi connectivity index (χ1v) is 6.78. The number of benzene rings is 1. The molecule has 0 amide bonds. The van der Waals surface area contributed by atoms with Crippen LogP contribution in [0.3, 0.4) is 0 Å². The molecule has 2 radical (unpaired) electrons. The molecule has 1 fully saturated rings. The Morgan fingerprint density at radius 3 is 2.82 bits per heavy atom. The van der Waals surface area contributed by atoms with Gasteiger partial charge in [-0.25, -0.2) is 9.67 Å². The Morgan fingerprint density at radius 1 is 1.45 bits per heavy atom. The SMILES string of the molecule is Cc1c[c-]c([C@]2(Cn3cncn3)C[C@H](CO)CO2)cc1.[Y].[Y]. The maximum absolute atomic E-state index is 9.39. The van der Waals surface area contributed by atoms with Crippen LogP contribution in [0, 0.1) is 18.9 Å². The smallest absolute Gasteiger partial charge is 0.137 e. The molecule has 112 valence electrons. The minimum Gasteiger partial charge on any atom is -0.396 e. The Balaban J connectivity index is 0.00000121. The van der Waals surface area contributed by atoms with E-state index in [9.17, 15) is 5.11 Å². The monoisotopic (exact) mass is 450 g/mol. The van der Waals surface area contributed by atoms with Gasteiger partial charge in [0.2, 0.25) is 0 Å². The van der Waals surface area contributed by atoms with Crippen molar-refractivity contribution in [1.29, 1.82) is 0 Å². The summed E-state index contributed by atoms with van der Waals surface area (Å²) in [5.41, 5.74) is 1.70. The Labute approximate surface area is 181 Å². The summed E-state index contributed by atoms with van der Waals surface area (Å²) in [5, 5.41) is 13.6. The van der Waals surface area contributed by atoms with Gasteiger partial charge in [0.05, 0.1) is 18.8 Å². The molecular weight excluding hydrogens is 432 g/mol. The van der Waals surface area contributed by atoms with Gasteiger partial charge in [0.1, 0.15) is 12.7 Å². The molecule has 0 spiro atoms. The first kappa shape index (κ1) is 20.5. The van der Waals surface area contributed by atoms with E-state index in [1.54, 1.807) is 11.0 Å². The van der Waals surface area contributed by atoms with E-state index in [-0.39, 0.29) is 77.9 Å². The second-order valence-corrected chi connectivity index (χ2v) is 5.43. The van der Waals surface area contributed by atoms with Crippen LogP contribution in [0.4, 0.5) is 0 Å².